The maximum Gasteiger partial charge on any atom is 0.225 e. The molecule has 0 spiro atoms. The minimum absolute atomic E-state index is 0.0262. The van der Waals surface area contributed by atoms with Crippen molar-refractivity contribution >= 4 is 17.4 Å². The molecule has 0 aromatic carbocycles. The van der Waals surface area contributed by atoms with E-state index in [-0.39, 0.29) is 5.91 Å². The molecule has 84 valence electrons. The lowest BCUT2D eigenvalue weighted by molar-refractivity contribution is -0.116. The van der Waals surface area contributed by atoms with Gasteiger partial charge in [0.25, 0.3) is 0 Å². The average Bonchev–Trinajstić information content (AvgIpc) is 2.50. The first-order chi connectivity index (χ1) is 7.15. The van der Waals surface area contributed by atoms with E-state index in [1.165, 1.54) is 0 Å². The van der Waals surface area contributed by atoms with Gasteiger partial charge in [0, 0.05) is 6.42 Å². The molecule has 5 nitrogen and oxygen atoms in total. The van der Waals surface area contributed by atoms with Crippen LogP contribution in [0, 0.1) is 6.92 Å². The minimum atomic E-state index is -0.0262. The Hall–Kier alpha value is -1.52. The highest BCUT2D eigenvalue weighted by atomic mass is 16.1. The number of carbonyl (C=O) groups excluding carboxylic acids is 1. The molecule has 0 aliphatic heterocycles. The zero-order valence-corrected chi connectivity index (χ0v) is 9.26. The van der Waals surface area contributed by atoms with E-state index in [0.29, 0.717) is 17.9 Å². The molecule has 0 atom stereocenters. The van der Waals surface area contributed by atoms with Crippen LogP contribution in [0.4, 0.5) is 11.5 Å². The number of nitrogens with one attached hydrogen (secondary N) is 2. The van der Waals surface area contributed by atoms with Crippen LogP contribution in [0.3, 0.4) is 0 Å². The van der Waals surface area contributed by atoms with Gasteiger partial charge in [0.15, 0.2) is 5.82 Å². The van der Waals surface area contributed by atoms with Gasteiger partial charge in [-0.3, -0.25) is 9.89 Å². The number of aromatic amines is 1. The molecule has 0 unspecified atom stereocenters. The number of nitrogen functional groups attached to an aromatic ring is 1. The number of aromatic nitrogens is 2. The molecule has 15 heavy (non-hydrogen) atoms. The van der Waals surface area contributed by atoms with E-state index in [1.54, 1.807) is 0 Å². The fourth-order valence-corrected chi connectivity index (χ4v) is 1.26. The maximum atomic E-state index is 11.4. The van der Waals surface area contributed by atoms with Gasteiger partial charge in [-0.15, -0.1) is 0 Å². The SMILES string of the molecule is CCCCCC(=O)Nc1n[nH]c(C)c1N. The topological polar surface area (TPSA) is 83.8 Å². The van der Waals surface area contributed by atoms with Crippen molar-refractivity contribution in [1.29, 1.82) is 0 Å². The highest BCUT2D eigenvalue weighted by Crippen LogP contribution is 2.18. The Bertz CT molecular complexity index is 332. The van der Waals surface area contributed by atoms with Crippen molar-refractivity contribution in [2.45, 2.75) is 39.5 Å². The van der Waals surface area contributed by atoms with Gasteiger partial charge in [-0.2, -0.15) is 5.10 Å². The first kappa shape index (κ1) is 11.6. The molecule has 1 heterocycles. The number of amides is 1. The summed E-state index contributed by atoms with van der Waals surface area (Å²) in [6.45, 7) is 3.92. The van der Waals surface area contributed by atoms with Crippen molar-refractivity contribution < 1.29 is 4.79 Å². The molecule has 0 aliphatic rings. The van der Waals surface area contributed by atoms with Crippen molar-refractivity contribution in [3.63, 3.8) is 0 Å². The number of rotatable bonds is 5. The lowest BCUT2D eigenvalue weighted by Crippen LogP contribution is -2.12. The molecule has 0 fully saturated rings. The summed E-state index contributed by atoms with van der Waals surface area (Å²) in [4.78, 5) is 11.4. The molecular formula is C10H18N4O. The molecule has 0 bridgehead atoms. The number of aryl methyl sites for hydroxylation is 1. The van der Waals surface area contributed by atoms with Crippen LogP contribution in [0.25, 0.3) is 0 Å². The quantitative estimate of drug-likeness (QED) is 0.648. The standard InChI is InChI=1S/C10H18N4O/c1-3-4-5-6-8(15)12-10-9(11)7(2)13-14-10/h3-6,11H2,1-2H3,(H2,12,13,14,15). The molecule has 5 heteroatoms. The number of carbonyl (C=O) groups is 1. The van der Waals surface area contributed by atoms with Gasteiger partial charge in [0.1, 0.15) is 0 Å². The van der Waals surface area contributed by atoms with Crippen molar-refractivity contribution in [2.24, 2.45) is 0 Å². The number of hydrogen-bond donors (Lipinski definition) is 3. The van der Waals surface area contributed by atoms with Crippen LogP contribution in [0.5, 0.6) is 0 Å². The zero-order chi connectivity index (χ0) is 11.3. The number of nitrogens with zero attached hydrogens (tertiary/aromatic N) is 1. The van der Waals surface area contributed by atoms with Crippen LogP contribution in [0.15, 0.2) is 0 Å². The normalized spacial score (nSPS) is 10.3. The first-order valence-electron chi connectivity index (χ1n) is 5.25. The van der Waals surface area contributed by atoms with Crippen molar-refractivity contribution in [2.75, 3.05) is 11.1 Å². The predicted molar refractivity (Wildman–Crippen MR) is 60.5 cm³/mol. The van der Waals surface area contributed by atoms with Crippen LogP contribution in [-0.2, 0) is 4.79 Å². The third-order valence-corrected chi connectivity index (χ3v) is 2.26. The Morgan fingerprint density at radius 3 is 2.80 bits per heavy atom. The van der Waals surface area contributed by atoms with Crippen LogP contribution in [0.1, 0.15) is 38.3 Å². The molecular weight excluding hydrogens is 192 g/mol. The Morgan fingerprint density at radius 1 is 1.53 bits per heavy atom. The smallest absolute Gasteiger partial charge is 0.225 e. The predicted octanol–water partition coefficient (Wildman–Crippen LogP) is 1.82. The van der Waals surface area contributed by atoms with Gasteiger partial charge in [-0.1, -0.05) is 19.8 Å². The van der Waals surface area contributed by atoms with Crippen molar-refractivity contribution in [3.05, 3.63) is 5.69 Å². The fraction of sp³-hybridized carbons (Fsp3) is 0.600. The second-order valence-electron chi connectivity index (χ2n) is 3.62. The van der Waals surface area contributed by atoms with Gasteiger partial charge in [-0.25, -0.2) is 0 Å². The molecule has 1 amide bonds. The van der Waals surface area contributed by atoms with Gasteiger partial charge in [0.2, 0.25) is 5.91 Å². The molecule has 0 saturated carbocycles. The molecule has 0 aliphatic carbocycles. The van der Waals surface area contributed by atoms with Crippen LogP contribution < -0.4 is 11.1 Å². The Labute approximate surface area is 89.4 Å². The van der Waals surface area contributed by atoms with E-state index in [2.05, 4.69) is 22.4 Å². The highest BCUT2D eigenvalue weighted by molar-refractivity contribution is 5.92. The Morgan fingerprint density at radius 2 is 2.27 bits per heavy atom. The molecule has 0 saturated heterocycles. The number of anilines is 2. The Balaban J connectivity index is 2.41. The minimum Gasteiger partial charge on any atom is -0.394 e. The molecule has 1 aromatic rings. The van der Waals surface area contributed by atoms with E-state index in [9.17, 15) is 4.79 Å². The second-order valence-corrected chi connectivity index (χ2v) is 3.62. The van der Waals surface area contributed by atoms with Crippen LogP contribution >= 0.6 is 0 Å². The summed E-state index contributed by atoms with van der Waals surface area (Å²) in [6, 6.07) is 0. The Kier molecular flexibility index (Phi) is 4.15. The zero-order valence-electron chi connectivity index (χ0n) is 9.26. The van der Waals surface area contributed by atoms with Gasteiger partial charge in [0.05, 0.1) is 11.4 Å². The van der Waals surface area contributed by atoms with Crippen molar-refractivity contribution in [3.8, 4) is 0 Å². The van der Waals surface area contributed by atoms with Gasteiger partial charge >= 0.3 is 0 Å². The third-order valence-electron chi connectivity index (χ3n) is 2.26. The highest BCUT2D eigenvalue weighted by Gasteiger charge is 2.09. The van der Waals surface area contributed by atoms with Gasteiger partial charge < -0.3 is 11.1 Å². The number of hydrogen-bond acceptors (Lipinski definition) is 3. The second kappa shape index (κ2) is 5.38. The van der Waals surface area contributed by atoms with E-state index >= 15 is 0 Å². The van der Waals surface area contributed by atoms with Crippen LogP contribution in [0.2, 0.25) is 0 Å². The summed E-state index contributed by atoms with van der Waals surface area (Å²) < 4.78 is 0. The molecule has 0 radical (unpaired) electrons. The molecule has 1 rings (SSSR count). The maximum absolute atomic E-state index is 11.4. The fourth-order valence-electron chi connectivity index (χ4n) is 1.26. The average molecular weight is 210 g/mol. The lowest BCUT2D eigenvalue weighted by Gasteiger charge is -2.02. The number of unbranched alkanes of at least 4 members (excludes halogenated alkanes) is 2. The third kappa shape index (κ3) is 3.27. The van der Waals surface area contributed by atoms with Crippen molar-refractivity contribution in [1.82, 2.24) is 10.2 Å². The molecule has 1 aromatic heterocycles. The van der Waals surface area contributed by atoms with E-state index in [4.69, 9.17) is 5.73 Å². The monoisotopic (exact) mass is 210 g/mol. The first-order valence-corrected chi connectivity index (χ1v) is 5.25. The van der Waals surface area contributed by atoms with Gasteiger partial charge in [-0.05, 0) is 13.3 Å². The summed E-state index contributed by atoms with van der Waals surface area (Å²) in [7, 11) is 0. The summed E-state index contributed by atoms with van der Waals surface area (Å²) in [5, 5.41) is 9.31. The number of H-pyrrole nitrogens is 1. The lowest BCUT2D eigenvalue weighted by atomic mass is 10.2. The van der Waals surface area contributed by atoms with E-state index in [0.717, 1.165) is 25.0 Å². The van der Waals surface area contributed by atoms with E-state index < -0.39 is 0 Å². The van der Waals surface area contributed by atoms with E-state index in [1.807, 2.05) is 6.92 Å². The summed E-state index contributed by atoms with van der Waals surface area (Å²) >= 11 is 0. The molecule has 4 N–H and O–H groups in total. The summed E-state index contributed by atoms with van der Waals surface area (Å²) in [6.07, 6.45) is 3.62. The summed E-state index contributed by atoms with van der Waals surface area (Å²) in [5.74, 6) is 0.413. The van der Waals surface area contributed by atoms with Crippen LogP contribution in [-0.4, -0.2) is 16.1 Å². The largest absolute Gasteiger partial charge is 0.394 e. The summed E-state index contributed by atoms with van der Waals surface area (Å²) in [5.41, 5.74) is 6.99. The number of nitrogens with two attached hydrogens (primary N) is 1.